The van der Waals surface area contributed by atoms with E-state index in [1.54, 1.807) is 0 Å². The molecule has 0 spiro atoms. The molecule has 0 aliphatic heterocycles. The monoisotopic (exact) mass is 273 g/mol. The summed E-state index contributed by atoms with van der Waals surface area (Å²) in [5.74, 6) is 0.931. The van der Waals surface area contributed by atoms with Gasteiger partial charge in [0.1, 0.15) is 5.75 Å². The molecular weight excluding hydrogens is 250 g/mol. The number of aryl methyl sites for hydroxylation is 1. The van der Waals surface area contributed by atoms with Gasteiger partial charge in [-0.2, -0.15) is 5.10 Å². The fraction of sp³-hybridized carbons (Fsp3) is 0.438. The Labute approximate surface area is 120 Å². The second-order valence-electron chi connectivity index (χ2n) is 4.89. The number of nitrogens with zero attached hydrogens (tertiary/aromatic N) is 2. The lowest BCUT2D eigenvalue weighted by molar-refractivity contribution is 0.285. The van der Waals surface area contributed by atoms with Crippen LogP contribution in [0.15, 0.2) is 42.6 Å². The van der Waals surface area contributed by atoms with Gasteiger partial charge in [0, 0.05) is 25.7 Å². The Morgan fingerprint density at radius 3 is 2.70 bits per heavy atom. The molecule has 0 saturated heterocycles. The van der Waals surface area contributed by atoms with Crippen molar-refractivity contribution in [3.8, 4) is 5.75 Å². The summed E-state index contributed by atoms with van der Waals surface area (Å²) < 4.78 is 7.61. The molecule has 0 saturated carbocycles. The van der Waals surface area contributed by atoms with Gasteiger partial charge in [0.05, 0.1) is 12.3 Å². The number of benzene rings is 1. The Bertz CT molecular complexity index is 495. The Morgan fingerprint density at radius 2 is 2.05 bits per heavy atom. The van der Waals surface area contributed by atoms with E-state index < -0.39 is 0 Å². The van der Waals surface area contributed by atoms with E-state index >= 15 is 0 Å². The molecule has 4 heteroatoms. The molecule has 0 aliphatic rings. The number of likely N-dealkylation sites (N-methyl/N-ethyl adjacent to an activating group) is 1. The molecule has 1 aromatic heterocycles. The highest BCUT2D eigenvalue weighted by Gasteiger charge is 2.10. The van der Waals surface area contributed by atoms with Gasteiger partial charge in [-0.05, 0) is 31.2 Å². The van der Waals surface area contributed by atoms with E-state index in [9.17, 15) is 0 Å². The molecule has 2 rings (SSSR count). The van der Waals surface area contributed by atoms with Crippen LogP contribution in [0.1, 0.15) is 19.0 Å². The van der Waals surface area contributed by atoms with Gasteiger partial charge in [0.2, 0.25) is 0 Å². The highest BCUT2D eigenvalue weighted by Crippen LogP contribution is 2.10. The highest BCUT2D eigenvalue weighted by atomic mass is 16.5. The molecule has 1 aromatic carbocycles. The number of hydrogen-bond acceptors (Lipinski definition) is 3. The number of hydrogen-bond donors (Lipinski definition) is 1. The number of para-hydroxylation sites is 1. The van der Waals surface area contributed by atoms with E-state index in [4.69, 9.17) is 4.74 Å². The normalized spacial score (nSPS) is 12.3. The number of nitrogens with one attached hydrogen (secondary N) is 1. The molecule has 1 N–H and O–H groups in total. The second kappa shape index (κ2) is 7.70. The molecule has 0 radical (unpaired) electrons. The maximum Gasteiger partial charge on any atom is 0.119 e. The first-order chi connectivity index (χ1) is 9.78. The number of rotatable bonds is 8. The van der Waals surface area contributed by atoms with Crippen molar-refractivity contribution in [2.24, 2.45) is 7.05 Å². The third kappa shape index (κ3) is 4.70. The van der Waals surface area contributed by atoms with Crippen molar-refractivity contribution in [2.45, 2.75) is 25.8 Å². The summed E-state index contributed by atoms with van der Waals surface area (Å²) in [6.07, 6.45) is 3.89. The zero-order chi connectivity index (χ0) is 14.2. The quantitative estimate of drug-likeness (QED) is 0.803. The van der Waals surface area contributed by atoms with Crippen molar-refractivity contribution in [2.75, 3.05) is 13.2 Å². The molecule has 1 heterocycles. The topological polar surface area (TPSA) is 39.1 Å². The molecular formula is C16H23N3O. The van der Waals surface area contributed by atoms with Crippen molar-refractivity contribution < 1.29 is 4.74 Å². The van der Waals surface area contributed by atoms with Crippen LogP contribution in [0.5, 0.6) is 5.75 Å². The lowest BCUT2D eigenvalue weighted by Gasteiger charge is -2.17. The van der Waals surface area contributed by atoms with Gasteiger partial charge in [-0.1, -0.05) is 25.1 Å². The van der Waals surface area contributed by atoms with Gasteiger partial charge in [-0.25, -0.2) is 0 Å². The summed E-state index contributed by atoms with van der Waals surface area (Å²) in [6, 6.07) is 12.4. The fourth-order valence-electron chi connectivity index (χ4n) is 2.23. The third-order valence-corrected chi connectivity index (χ3v) is 3.20. The van der Waals surface area contributed by atoms with Crippen LogP contribution in [0.2, 0.25) is 0 Å². The van der Waals surface area contributed by atoms with E-state index in [0.717, 1.165) is 30.8 Å². The van der Waals surface area contributed by atoms with Crippen molar-refractivity contribution >= 4 is 0 Å². The lowest BCUT2D eigenvalue weighted by Crippen LogP contribution is -2.32. The third-order valence-electron chi connectivity index (χ3n) is 3.20. The van der Waals surface area contributed by atoms with E-state index in [-0.39, 0.29) is 0 Å². The maximum atomic E-state index is 5.76. The predicted molar refractivity (Wildman–Crippen MR) is 80.9 cm³/mol. The molecule has 4 nitrogen and oxygen atoms in total. The zero-order valence-corrected chi connectivity index (χ0v) is 12.2. The smallest absolute Gasteiger partial charge is 0.119 e. The van der Waals surface area contributed by atoms with Crippen molar-refractivity contribution in [1.29, 1.82) is 0 Å². The molecule has 0 bridgehead atoms. The largest absolute Gasteiger partial charge is 0.494 e. The average molecular weight is 273 g/mol. The number of aromatic nitrogens is 2. The van der Waals surface area contributed by atoms with Crippen LogP contribution in [0.3, 0.4) is 0 Å². The first-order valence-corrected chi connectivity index (χ1v) is 7.17. The molecule has 1 unspecified atom stereocenters. The minimum atomic E-state index is 0.401. The Kier molecular flexibility index (Phi) is 5.62. The summed E-state index contributed by atoms with van der Waals surface area (Å²) in [5.41, 5.74) is 1.12. The maximum absolute atomic E-state index is 5.76. The predicted octanol–water partition coefficient (Wildman–Crippen LogP) is 2.41. The van der Waals surface area contributed by atoms with Gasteiger partial charge < -0.3 is 10.1 Å². The van der Waals surface area contributed by atoms with Gasteiger partial charge in [0.15, 0.2) is 0 Å². The molecule has 108 valence electrons. The number of ether oxygens (including phenoxy) is 1. The molecule has 20 heavy (non-hydrogen) atoms. The fourth-order valence-corrected chi connectivity index (χ4v) is 2.23. The van der Waals surface area contributed by atoms with Gasteiger partial charge >= 0.3 is 0 Å². The van der Waals surface area contributed by atoms with Crippen LogP contribution < -0.4 is 10.1 Å². The second-order valence-corrected chi connectivity index (χ2v) is 4.89. The standard InChI is InChI=1S/C16H23N3O/c1-3-17-14(13-15-9-11-19(2)18-15)10-12-20-16-7-5-4-6-8-16/h4-9,11,14,17H,3,10,12-13H2,1-2H3. The highest BCUT2D eigenvalue weighted by molar-refractivity contribution is 5.20. The van der Waals surface area contributed by atoms with Gasteiger partial charge in [0.25, 0.3) is 0 Å². The van der Waals surface area contributed by atoms with Crippen molar-refractivity contribution in [1.82, 2.24) is 15.1 Å². The van der Waals surface area contributed by atoms with Crippen molar-refractivity contribution in [3.63, 3.8) is 0 Å². The molecule has 2 aromatic rings. The lowest BCUT2D eigenvalue weighted by atomic mass is 10.1. The summed E-state index contributed by atoms with van der Waals surface area (Å²) in [7, 11) is 1.95. The van der Waals surface area contributed by atoms with Crippen LogP contribution >= 0.6 is 0 Å². The van der Waals surface area contributed by atoms with E-state index in [1.807, 2.05) is 48.3 Å². The molecule has 0 fully saturated rings. The first-order valence-electron chi connectivity index (χ1n) is 7.17. The van der Waals surface area contributed by atoms with Crippen LogP contribution in [0.4, 0.5) is 0 Å². The Balaban J connectivity index is 1.80. The molecule has 1 atom stereocenters. The Morgan fingerprint density at radius 1 is 1.25 bits per heavy atom. The van der Waals surface area contributed by atoms with Gasteiger partial charge in [-0.15, -0.1) is 0 Å². The first kappa shape index (κ1) is 14.6. The summed E-state index contributed by atoms with van der Waals surface area (Å²) in [5, 5.41) is 7.93. The van der Waals surface area contributed by atoms with E-state index in [0.29, 0.717) is 12.6 Å². The summed E-state index contributed by atoms with van der Waals surface area (Å²) in [6.45, 7) is 3.81. The van der Waals surface area contributed by atoms with Crippen LogP contribution in [0, 0.1) is 0 Å². The zero-order valence-electron chi connectivity index (χ0n) is 12.2. The van der Waals surface area contributed by atoms with E-state index in [2.05, 4.69) is 23.4 Å². The van der Waals surface area contributed by atoms with Crippen LogP contribution in [-0.2, 0) is 13.5 Å². The van der Waals surface area contributed by atoms with Crippen LogP contribution in [0.25, 0.3) is 0 Å². The van der Waals surface area contributed by atoms with Gasteiger partial charge in [-0.3, -0.25) is 4.68 Å². The average Bonchev–Trinajstić information content (AvgIpc) is 2.85. The SMILES string of the molecule is CCNC(CCOc1ccccc1)Cc1ccn(C)n1. The Hall–Kier alpha value is -1.81. The minimum absolute atomic E-state index is 0.401. The van der Waals surface area contributed by atoms with Crippen molar-refractivity contribution in [3.05, 3.63) is 48.3 Å². The minimum Gasteiger partial charge on any atom is -0.494 e. The van der Waals surface area contributed by atoms with Crippen LogP contribution in [-0.4, -0.2) is 29.0 Å². The molecule has 0 amide bonds. The molecule has 0 aliphatic carbocycles. The van der Waals surface area contributed by atoms with E-state index in [1.165, 1.54) is 0 Å². The summed E-state index contributed by atoms with van der Waals surface area (Å²) >= 11 is 0. The summed E-state index contributed by atoms with van der Waals surface area (Å²) in [4.78, 5) is 0.